The second kappa shape index (κ2) is 9.38. The molecule has 3 rings (SSSR count). The number of rotatable bonds is 6. The summed E-state index contributed by atoms with van der Waals surface area (Å²) in [7, 11) is 0. The second-order valence-corrected chi connectivity index (χ2v) is 8.18. The smallest absolute Gasteiger partial charge is 0.322 e. The lowest BCUT2D eigenvalue weighted by atomic mass is 10.1. The van der Waals surface area contributed by atoms with Crippen LogP contribution in [0.3, 0.4) is 0 Å². The van der Waals surface area contributed by atoms with Crippen LogP contribution in [0.2, 0.25) is 10.0 Å². The van der Waals surface area contributed by atoms with Gasteiger partial charge in [0.2, 0.25) is 0 Å². The van der Waals surface area contributed by atoms with Gasteiger partial charge < -0.3 is 14.8 Å². The van der Waals surface area contributed by atoms with Gasteiger partial charge in [0.1, 0.15) is 0 Å². The molecule has 0 bridgehead atoms. The zero-order chi connectivity index (χ0) is 21.0. The van der Waals surface area contributed by atoms with E-state index in [9.17, 15) is 4.79 Å². The minimum atomic E-state index is -0.238. The van der Waals surface area contributed by atoms with Crippen LogP contribution in [0.4, 0.5) is 10.5 Å². The fourth-order valence-corrected chi connectivity index (χ4v) is 3.71. The molecule has 29 heavy (non-hydrogen) atoms. The molecular weight excluding hydrogens is 405 g/mol. The SMILES string of the molecule is Cc1cccc(Cn2cccc2CN(C(=O)Nc2c(Cl)cccc2Cl)C(C)C)c1. The fourth-order valence-electron chi connectivity index (χ4n) is 3.21. The van der Waals surface area contributed by atoms with Crippen molar-refractivity contribution in [1.82, 2.24) is 9.47 Å². The Balaban J connectivity index is 1.78. The Labute approximate surface area is 182 Å². The van der Waals surface area contributed by atoms with E-state index >= 15 is 0 Å². The number of hydrogen-bond acceptors (Lipinski definition) is 1. The van der Waals surface area contributed by atoms with Gasteiger partial charge in [0.05, 0.1) is 22.3 Å². The summed E-state index contributed by atoms with van der Waals surface area (Å²) in [6, 6.07) is 17.4. The third-order valence-corrected chi connectivity index (χ3v) is 5.40. The number of aromatic nitrogens is 1. The fraction of sp³-hybridized carbons (Fsp3) is 0.261. The number of nitrogens with zero attached hydrogens (tertiary/aromatic N) is 2. The topological polar surface area (TPSA) is 37.3 Å². The van der Waals surface area contributed by atoms with Gasteiger partial charge in [-0.1, -0.05) is 59.1 Å². The molecule has 6 heteroatoms. The molecule has 1 aromatic heterocycles. The molecular formula is C23H25Cl2N3O. The van der Waals surface area contributed by atoms with E-state index in [1.165, 1.54) is 11.1 Å². The Hall–Kier alpha value is -2.43. The average molecular weight is 430 g/mol. The van der Waals surface area contributed by atoms with Gasteiger partial charge in [-0.05, 0) is 50.6 Å². The third kappa shape index (κ3) is 5.34. The van der Waals surface area contributed by atoms with Gasteiger partial charge >= 0.3 is 6.03 Å². The Bertz CT molecular complexity index is 977. The zero-order valence-corrected chi connectivity index (χ0v) is 18.3. The Morgan fingerprint density at radius 2 is 1.76 bits per heavy atom. The van der Waals surface area contributed by atoms with Gasteiger partial charge in [-0.25, -0.2) is 4.79 Å². The van der Waals surface area contributed by atoms with Crippen LogP contribution in [-0.2, 0) is 13.1 Å². The summed E-state index contributed by atoms with van der Waals surface area (Å²) in [6.07, 6.45) is 2.04. The highest BCUT2D eigenvalue weighted by Crippen LogP contribution is 2.30. The van der Waals surface area contributed by atoms with Gasteiger partial charge in [-0.15, -0.1) is 0 Å². The minimum absolute atomic E-state index is 0.00131. The van der Waals surface area contributed by atoms with Gasteiger partial charge in [-0.2, -0.15) is 0 Å². The van der Waals surface area contributed by atoms with E-state index in [1.807, 2.05) is 32.2 Å². The highest BCUT2D eigenvalue weighted by Gasteiger charge is 2.20. The van der Waals surface area contributed by atoms with Crippen LogP contribution in [0, 0.1) is 6.92 Å². The monoisotopic (exact) mass is 429 g/mol. The number of nitrogens with one attached hydrogen (secondary N) is 1. The van der Waals surface area contributed by atoms with Crippen molar-refractivity contribution in [2.24, 2.45) is 0 Å². The molecule has 4 nitrogen and oxygen atoms in total. The predicted octanol–water partition coefficient (Wildman–Crippen LogP) is 6.59. The van der Waals surface area contributed by atoms with Crippen molar-refractivity contribution in [2.45, 2.75) is 39.9 Å². The quantitative estimate of drug-likeness (QED) is 0.470. The van der Waals surface area contributed by atoms with Crippen molar-refractivity contribution < 1.29 is 4.79 Å². The molecule has 0 saturated carbocycles. The number of urea groups is 1. The van der Waals surface area contributed by atoms with Crippen molar-refractivity contribution in [3.05, 3.63) is 87.7 Å². The first-order valence-electron chi connectivity index (χ1n) is 9.56. The first-order chi connectivity index (χ1) is 13.8. The number of aryl methyl sites for hydroxylation is 1. The molecule has 2 amide bonds. The van der Waals surface area contributed by atoms with E-state index in [2.05, 4.69) is 41.1 Å². The standard InChI is InChI=1S/C23H25Cl2N3O/c1-16(2)28(23(29)26-22-20(24)10-5-11-21(22)25)15-19-9-6-12-27(19)14-18-8-4-7-17(3)13-18/h4-13,16H,14-15H2,1-3H3,(H,26,29). The van der Waals surface area contributed by atoms with E-state index in [0.29, 0.717) is 22.3 Å². The first-order valence-corrected chi connectivity index (χ1v) is 10.3. The first kappa shape index (κ1) is 21.3. The molecule has 152 valence electrons. The molecule has 0 aliphatic carbocycles. The number of para-hydroxylation sites is 1. The Kier molecular flexibility index (Phi) is 6.88. The normalized spacial score (nSPS) is 11.0. The van der Waals surface area contributed by atoms with Crippen LogP contribution in [0.25, 0.3) is 0 Å². The molecule has 0 fully saturated rings. The van der Waals surface area contributed by atoms with E-state index < -0.39 is 0 Å². The Morgan fingerprint density at radius 3 is 2.41 bits per heavy atom. The maximum absolute atomic E-state index is 13.0. The zero-order valence-electron chi connectivity index (χ0n) is 16.8. The number of carbonyl (C=O) groups is 1. The summed E-state index contributed by atoms with van der Waals surface area (Å²) in [5.41, 5.74) is 3.95. The van der Waals surface area contributed by atoms with Gasteiger partial charge in [0.15, 0.2) is 0 Å². The van der Waals surface area contributed by atoms with Crippen molar-refractivity contribution in [3.63, 3.8) is 0 Å². The lowest BCUT2D eigenvalue weighted by Gasteiger charge is -2.28. The average Bonchev–Trinajstić information content (AvgIpc) is 3.09. The molecule has 1 N–H and O–H groups in total. The number of hydrogen-bond donors (Lipinski definition) is 1. The largest absolute Gasteiger partial charge is 0.345 e. The lowest BCUT2D eigenvalue weighted by Crippen LogP contribution is -2.40. The second-order valence-electron chi connectivity index (χ2n) is 7.36. The van der Waals surface area contributed by atoms with E-state index in [-0.39, 0.29) is 12.1 Å². The van der Waals surface area contributed by atoms with Crippen molar-refractivity contribution in [1.29, 1.82) is 0 Å². The summed E-state index contributed by atoms with van der Waals surface area (Å²) < 4.78 is 2.17. The van der Waals surface area contributed by atoms with E-state index in [4.69, 9.17) is 23.2 Å². The van der Waals surface area contributed by atoms with E-state index in [0.717, 1.165) is 12.2 Å². The third-order valence-electron chi connectivity index (χ3n) is 4.77. The summed E-state index contributed by atoms with van der Waals surface area (Å²) in [5.74, 6) is 0. The molecule has 0 spiro atoms. The van der Waals surface area contributed by atoms with Gasteiger partial charge in [-0.3, -0.25) is 0 Å². The highest BCUT2D eigenvalue weighted by molar-refractivity contribution is 6.39. The maximum Gasteiger partial charge on any atom is 0.322 e. The van der Waals surface area contributed by atoms with Crippen LogP contribution >= 0.6 is 23.2 Å². The molecule has 1 heterocycles. The Morgan fingerprint density at radius 1 is 1.07 bits per heavy atom. The van der Waals surface area contributed by atoms with Crippen LogP contribution in [0.15, 0.2) is 60.8 Å². The molecule has 0 saturated heterocycles. The number of halogens is 2. The molecule has 0 unspecified atom stereocenters. The van der Waals surface area contributed by atoms with Crippen molar-refractivity contribution in [2.75, 3.05) is 5.32 Å². The number of carbonyl (C=O) groups excluding carboxylic acids is 1. The summed E-state index contributed by atoms with van der Waals surface area (Å²) in [4.78, 5) is 14.8. The lowest BCUT2D eigenvalue weighted by molar-refractivity contribution is 0.192. The molecule has 0 aliphatic heterocycles. The maximum atomic E-state index is 13.0. The van der Waals surface area contributed by atoms with Gasteiger partial charge in [0.25, 0.3) is 0 Å². The number of benzene rings is 2. The molecule has 3 aromatic rings. The van der Waals surface area contributed by atoms with Crippen LogP contribution in [0.5, 0.6) is 0 Å². The van der Waals surface area contributed by atoms with Crippen molar-refractivity contribution >= 4 is 34.9 Å². The molecule has 0 aliphatic rings. The van der Waals surface area contributed by atoms with Crippen LogP contribution < -0.4 is 5.32 Å². The summed E-state index contributed by atoms with van der Waals surface area (Å²) in [5, 5.41) is 3.69. The summed E-state index contributed by atoms with van der Waals surface area (Å²) >= 11 is 12.4. The number of amides is 2. The van der Waals surface area contributed by atoms with E-state index in [1.54, 1.807) is 23.1 Å². The highest BCUT2D eigenvalue weighted by atomic mass is 35.5. The van der Waals surface area contributed by atoms with Crippen molar-refractivity contribution in [3.8, 4) is 0 Å². The predicted molar refractivity (Wildman–Crippen MR) is 121 cm³/mol. The molecule has 2 aromatic carbocycles. The summed E-state index contributed by atoms with van der Waals surface area (Å²) in [6.45, 7) is 7.30. The molecule has 0 atom stereocenters. The molecule has 0 radical (unpaired) electrons. The van der Waals surface area contributed by atoms with Crippen LogP contribution in [0.1, 0.15) is 30.7 Å². The van der Waals surface area contributed by atoms with Crippen LogP contribution in [-0.4, -0.2) is 21.5 Å². The number of anilines is 1. The van der Waals surface area contributed by atoms with Gasteiger partial charge in [0, 0.05) is 24.5 Å². The minimum Gasteiger partial charge on any atom is -0.345 e.